The van der Waals surface area contributed by atoms with Crippen molar-refractivity contribution >= 4 is 16.9 Å². The minimum atomic E-state index is -0.0196. The molecular formula is C13H9N3O2. The number of rotatable bonds is 3. The molecule has 2 heterocycles. The third kappa shape index (κ3) is 1.98. The highest BCUT2D eigenvalue weighted by molar-refractivity contribution is 5.99. The van der Waals surface area contributed by atoms with Gasteiger partial charge in [0.1, 0.15) is 5.52 Å². The highest BCUT2D eigenvalue weighted by Gasteiger charge is 2.10. The van der Waals surface area contributed by atoms with E-state index in [-0.39, 0.29) is 12.2 Å². The number of nitrogens with zero attached hydrogens (tertiary/aromatic N) is 3. The van der Waals surface area contributed by atoms with E-state index in [2.05, 4.69) is 15.0 Å². The van der Waals surface area contributed by atoms with Crippen LogP contribution >= 0.6 is 0 Å². The normalized spacial score (nSPS) is 10.7. The number of ketones is 1. The topological polar surface area (TPSA) is 68.9 Å². The van der Waals surface area contributed by atoms with Crippen LogP contribution in [0.2, 0.25) is 0 Å². The molecule has 3 rings (SSSR count). The molecule has 0 aliphatic rings. The van der Waals surface area contributed by atoms with Gasteiger partial charge in [0.25, 0.3) is 0 Å². The average molecular weight is 239 g/mol. The predicted molar refractivity (Wildman–Crippen MR) is 64.1 cm³/mol. The van der Waals surface area contributed by atoms with Gasteiger partial charge < -0.3 is 4.42 Å². The molecule has 18 heavy (non-hydrogen) atoms. The maximum absolute atomic E-state index is 12.0. The standard InChI is InChI=1S/C13H9N3O2/c17-12(6-10-7-14-3-4-15-10)9-1-2-11-13(5-9)18-8-16-11/h1-5,7-8H,6H2. The zero-order chi connectivity index (χ0) is 12.4. The first kappa shape index (κ1) is 10.6. The lowest BCUT2D eigenvalue weighted by Crippen LogP contribution is -2.05. The van der Waals surface area contributed by atoms with Crippen LogP contribution in [0.5, 0.6) is 0 Å². The lowest BCUT2D eigenvalue weighted by atomic mass is 10.1. The Morgan fingerprint density at radius 2 is 2.17 bits per heavy atom. The fourth-order valence-electron chi connectivity index (χ4n) is 1.72. The number of benzene rings is 1. The van der Waals surface area contributed by atoms with Crippen LogP contribution in [0.1, 0.15) is 16.1 Å². The summed E-state index contributed by atoms with van der Waals surface area (Å²) in [6.45, 7) is 0. The molecule has 0 amide bonds. The third-order valence-electron chi connectivity index (χ3n) is 2.61. The van der Waals surface area contributed by atoms with Gasteiger partial charge in [-0.2, -0.15) is 0 Å². The van der Waals surface area contributed by atoms with Gasteiger partial charge in [-0.05, 0) is 18.2 Å². The van der Waals surface area contributed by atoms with E-state index >= 15 is 0 Å². The Kier molecular flexibility index (Phi) is 2.57. The van der Waals surface area contributed by atoms with Crippen LogP contribution in [0.4, 0.5) is 0 Å². The van der Waals surface area contributed by atoms with Crippen LogP contribution in [0.3, 0.4) is 0 Å². The number of hydrogen-bond donors (Lipinski definition) is 0. The summed E-state index contributed by atoms with van der Waals surface area (Å²) in [4.78, 5) is 24.1. The summed E-state index contributed by atoms with van der Waals surface area (Å²) in [5.41, 5.74) is 2.59. The zero-order valence-electron chi connectivity index (χ0n) is 9.41. The molecule has 5 nitrogen and oxygen atoms in total. The van der Waals surface area contributed by atoms with Crippen molar-refractivity contribution in [1.29, 1.82) is 0 Å². The largest absolute Gasteiger partial charge is 0.443 e. The summed E-state index contributed by atoms with van der Waals surface area (Å²) >= 11 is 0. The van der Waals surface area contributed by atoms with Gasteiger partial charge in [0.2, 0.25) is 0 Å². The van der Waals surface area contributed by atoms with Crippen molar-refractivity contribution < 1.29 is 9.21 Å². The number of carbonyl (C=O) groups excluding carboxylic acids is 1. The molecule has 3 aromatic rings. The summed E-state index contributed by atoms with van der Waals surface area (Å²) in [5.74, 6) is -0.0196. The molecule has 0 radical (unpaired) electrons. The molecule has 0 saturated heterocycles. The van der Waals surface area contributed by atoms with Crippen LogP contribution in [-0.4, -0.2) is 20.7 Å². The summed E-state index contributed by atoms with van der Waals surface area (Å²) < 4.78 is 5.17. The molecule has 5 heteroatoms. The zero-order valence-corrected chi connectivity index (χ0v) is 9.41. The van der Waals surface area contributed by atoms with Crippen molar-refractivity contribution in [3.8, 4) is 0 Å². The van der Waals surface area contributed by atoms with Crippen LogP contribution in [0, 0.1) is 0 Å². The van der Waals surface area contributed by atoms with Gasteiger partial charge in [0, 0.05) is 24.2 Å². The molecule has 0 saturated carbocycles. The molecule has 0 N–H and O–H groups in total. The Morgan fingerprint density at radius 3 is 3.00 bits per heavy atom. The lowest BCUT2D eigenvalue weighted by molar-refractivity contribution is 0.0992. The van der Waals surface area contributed by atoms with Gasteiger partial charge in [0.05, 0.1) is 12.1 Å². The monoisotopic (exact) mass is 239 g/mol. The lowest BCUT2D eigenvalue weighted by Gasteiger charge is -2.00. The molecule has 0 fully saturated rings. The Bertz CT molecular complexity index is 692. The molecule has 88 valence electrons. The molecule has 0 unspecified atom stereocenters. The molecule has 0 aliphatic carbocycles. The second-order valence-electron chi connectivity index (χ2n) is 3.83. The van der Waals surface area contributed by atoms with Crippen molar-refractivity contribution in [3.05, 3.63) is 54.4 Å². The number of hydrogen-bond acceptors (Lipinski definition) is 5. The highest BCUT2D eigenvalue weighted by Crippen LogP contribution is 2.15. The van der Waals surface area contributed by atoms with Gasteiger partial charge in [-0.15, -0.1) is 0 Å². The van der Waals surface area contributed by atoms with Crippen molar-refractivity contribution in [2.45, 2.75) is 6.42 Å². The minimum absolute atomic E-state index is 0.0196. The third-order valence-corrected chi connectivity index (χ3v) is 2.61. The maximum Gasteiger partial charge on any atom is 0.181 e. The van der Waals surface area contributed by atoms with Crippen LogP contribution in [0.15, 0.2) is 47.6 Å². The van der Waals surface area contributed by atoms with Crippen LogP contribution in [0.25, 0.3) is 11.1 Å². The molecular weight excluding hydrogens is 230 g/mol. The Morgan fingerprint density at radius 1 is 1.22 bits per heavy atom. The molecule has 0 aliphatic heterocycles. The van der Waals surface area contributed by atoms with Crippen LogP contribution < -0.4 is 0 Å². The van der Waals surface area contributed by atoms with E-state index in [1.54, 1.807) is 36.8 Å². The average Bonchev–Trinajstić information content (AvgIpc) is 2.87. The Balaban J connectivity index is 1.87. The fraction of sp³-hybridized carbons (Fsp3) is 0.0769. The fourth-order valence-corrected chi connectivity index (χ4v) is 1.72. The van der Waals surface area contributed by atoms with E-state index in [0.717, 1.165) is 5.52 Å². The number of oxazole rings is 1. The minimum Gasteiger partial charge on any atom is -0.443 e. The number of aromatic nitrogens is 3. The molecule has 1 aromatic carbocycles. The number of fused-ring (bicyclic) bond motifs is 1. The van der Waals surface area contributed by atoms with Crippen molar-refractivity contribution in [2.75, 3.05) is 0 Å². The summed E-state index contributed by atoms with van der Waals surface area (Å²) in [6.07, 6.45) is 6.33. The highest BCUT2D eigenvalue weighted by atomic mass is 16.3. The van der Waals surface area contributed by atoms with Crippen molar-refractivity contribution in [1.82, 2.24) is 15.0 Å². The summed E-state index contributed by atoms with van der Waals surface area (Å²) in [5, 5.41) is 0. The van der Waals surface area contributed by atoms with Gasteiger partial charge in [-0.1, -0.05) is 0 Å². The van der Waals surface area contributed by atoms with Gasteiger partial charge in [-0.25, -0.2) is 4.98 Å². The summed E-state index contributed by atoms with van der Waals surface area (Å²) in [6, 6.07) is 5.20. The summed E-state index contributed by atoms with van der Waals surface area (Å²) in [7, 11) is 0. The maximum atomic E-state index is 12.0. The number of carbonyl (C=O) groups is 1. The Labute approximate surface area is 103 Å². The first-order valence-corrected chi connectivity index (χ1v) is 5.44. The quantitative estimate of drug-likeness (QED) is 0.654. The van der Waals surface area contributed by atoms with Gasteiger partial charge in [0.15, 0.2) is 17.8 Å². The molecule has 0 bridgehead atoms. The smallest absolute Gasteiger partial charge is 0.181 e. The van der Waals surface area contributed by atoms with E-state index < -0.39 is 0 Å². The molecule has 0 atom stereocenters. The second kappa shape index (κ2) is 4.37. The first-order chi connectivity index (χ1) is 8.83. The second-order valence-corrected chi connectivity index (χ2v) is 3.83. The van der Waals surface area contributed by atoms with E-state index in [1.165, 1.54) is 6.39 Å². The molecule has 0 spiro atoms. The van der Waals surface area contributed by atoms with E-state index in [4.69, 9.17) is 4.42 Å². The van der Waals surface area contributed by atoms with Crippen molar-refractivity contribution in [3.63, 3.8) is 0 Å². The number of Topliss-reactive ketones (excluding diaryl/α,β-unsaturated/α-hetero) is 1. The Hall–Kier alpha value is -2.56. The predicted octanol–water partition coefficient (Wildman–Crippen LogP) is 2.04. The van der Waals surface area contributed by atoms with Gasteiger partial charge in [-0.3, -0.25) is 14.8 Å². The first-order valence-electron chi connectivity index (χ1n) is 5.44. The van der Waals surface area contributed by atoms with E-state index in [1.807, 2.05) is 0 Å². The molecule has 2 aromatic heterocycles. The van der Waals surface area contributed by atoms with E-state index in [0.29, 0.717) is 16.8 Å². The van der Waals surface area contributed by atoms with E-state index in [9.17, 15) is 4.79 Å². The van der Waals surface area contributed by atoms with Crippen LogP contribution in [-0.2, 0) is 6.42 Å². The van der Waals surface area contributed by atoms with Gasteiger partial charge >= 0.3 is 0 Å². The SMILES string of the molecule is O=C(Cc1cnccn1)c1ccc2ncoc2c1. The van der Waals surface area contributed by atoms with Crippen molar-refractivity contribution in [2.24, 2.45) is 0 Å².